The summed E-state index contributed by atoms with van der Waals surface area (Å²) in [5.41, 5.74) is 2.88. The number of aromatic carboxylic acids is 1. The largest absolute Gasteiger partial charge is 0.497 e. The van der Waals surface area contributed by atoms with E-state index in [1.54, 1.807) is 28.4 Å². The first-order valence-corrected chi connectivity index (χ1v) is 10.4. The zero-order chi connectivity index (χ0) is 23.3. The van der Waals surface area contributed by atoms with Crippen LogP contribution in [-0.2, 0) is 19.5 Å². The maximum Gasteiger partial charge on any atom is 0.352 e. The summed E-state index contributed by atoms with van der Waals surface area (Å²) >= 11 is 0. The van der Waals surface area contributed by atoms with Gasteiger partial charge in [0.25, 0.3) is 0 Å². The Hall–Kier alpha value is -3.39. The first-order valence-electron chi connectivity index (χ1n) is 10.4. The van der Waals surface area contributed by atoms with Gasteiger partial charge >= 0.3 is 5.97 Å². The van der Waals surface area contributed by atoms with E-state index in [-0.39, 0.29) is 0 Å². The number of carboxylic acids is 1. The lowest BCUT2D eigenvalue weighted by atomic mass is 10.1. The van der Waals surface area contributed by atoms with E-state index in [2.05, 4.69) is 5.32 Å². The highest BCUT2D eigenvalue weighted by molar-refractivity contribution is 5.98. The number of fused-ring (bicyclic) bond motifs is 1. The minimum Gasteiger partial charge on any atom is -0.497 e. The molecule has 0 aliphatic carbocycles. The molecule has 3 rings (SSSR count). The van der Waals surface area contributed by atoms with E-state index < -0.39 is 5.97 Å². The van der Waals surface area contributed by atoms with Gasteiger partial charge in [0.05, 0.1) is 34.0 Å². The monoisotopic (exact) mass is 442 g/mol. The van der Waals surface area contributed by atoms with Crippen LogP contribution in [0.15, 0.2) is 30.3 Å². The average Bonchev–Trinajstić information content (AvgIpc) is 3.13. The van der Waals surface area contributed by atoms with E-state index in [0.29, 0.717) is 54.7 Å². The fourth-order valence-corrected chi connectivity index (χ4v) is 4.08. The van der Waals surface area contributed by atoms with Crippen LogP contribution in [-0.4, -0.2) is 50.6 Å². The van der Waals surface area contributed by atoms with Gasteiger partial charge in [0.15, 0.2) is 11.5 Å². The molecule has 0 radical (unpaired) electrons. The van der Waals surface area contributed by atoms with Crippen molar-refractivity contribution >= 4 is 16.9 Å². The number of carbonyl (C=O) groups is 1. The summed E-state index contributed by atoms with van der Waals surface area (Å²) in [6, 6.07) is 9.44. The van der Waals surface area contributed by atoms with Gasteiger partial charge in [-0.15, -0.1) is 0 Å². The van der Waals surface area contributed by atoms with Crippen molar-refractivity contribution in [1.82, 2.24) is 9.88 Å². The van der Waals surface area contributed by atoms with Gasteiger partial charge in [0, 0.05) is 30.1 Å². The van der Waals surface area contributed by atoms with Crippen LogP contribution < -0.4 is 24.3 Å². The second-order valence-electron chi connectivity index (χ2n) is 7.18. The third kappa shape index (κ3) is 4.31. The Kier molecular flexibility index (Phi) is 7.48. The molecule has 0 saturated carbocycles. The summed E-state index contributed by atoms with van der Waals surface area (Å²) in [5, 5.41) is 14.2. The predicted octanol–water partition coefficient (Wildman–Crippen LogP) is 3.73. The molecule has 0 saturated heterocycles. The molecule has 8 heteroatoms. The van der Waals surface area contributed by atoms with E-state index >= 15 is 0 Å². The molecule has 0 unspecified atom stereocenters. The third-order valence-electron chi connectivity index (χ3n) is 5.55. The summed E-state index contributed by atoms with van der Waals surface area (Å²) in [5.74, 6) is 1.55. The van der Waals surface area contributed by atoms with Gasteiger partial charge in [-0.1, -0.05) is 6.07 Å². The fourth-order valence-electron chi connectivity index (χ4n) is 4.08. The van der Waals surface area contributed by atoms with Gasteiger partial charge in [-0.25, -0.2) is 4.79 Å². The number of methoxy groups -OCH3 is 4. The first-order chi connectivity index (χ1) is 15.5. The number of hydrogen-bond acceptors (Lipinski definition) is 6. The van der Waals surface area contributed by atoms with Crippen LogP contribution in [0.25, 0.3) is 10.9 Å². The van der Waals surface area contributed by atoms with E-state index in [0.717, 1.165) is 22.0 Å². The zero-order valence-electron chi connectivity index (χ0n) is 19.2. The third-order valence-corrected chi connectivity index (χ3v) is 5.55. The van der Waals surface area contributed by atoms with Crippen LogP contribution in [0.3, 0.4) is 0 Å². The lowest BCUT2D eigenvalue weighted by Crippen LogP contribution is -2.19. The number of hydrogen-bond donors (Lipinski definition) is 2. The van der Waals surface area contributed by atoms with Gasteiger partial charge in [-0.2, -0.15) is 0 Å². The quantitative estimate of drug-likeness (QED) is 0.437. The number of nitrogens with zero attached hydrogens (tertiary/aromatic N) is 1. The smallest absolute Gasteiger partial charge is 0.352 e. The van der Waals surface area contributed by atoms with Gasteiger partial charge in [0.1, 0.15) is 11.4 Å². The molecular weight excluding hydrogens is 412 g/mol. The highest BCUT2D eigenvalue weighted by atomic mass is 16.5. The van der Waals surface area contributed by atoms with Gasteiger partial charge in [-0.3, -0.25) is 0 Å². The molecule has 0 amide bonds. The first kappa shape index (κ1) is 23.3. The molecule has 32 heavy (non-hydrogen) atoms. The average molecular weight is 443 g/mol. The zero-order valence-corrected chi connectivity index (χ0v) is 19.2. The number of rotatable bonds is 11. The fraction of sp³-hybridized carbons (Fsp3) is 0.375. The second kappa shape index (κ2) is 10.3. The van der Waals surface area contributed by atoms with Crippen LogP contribution in [0.5, 0.6) is 23.0 Å². The Balaban J connectivity index is 1.83. The van der Waals surface area contributed by atoms with E-state index in [1.165, 1.54) is 0 Å². The van der Waals surface area contributed by atoms with Crippen molar-refractivity contribution in [2.45, 2.75) is 26.4 Å². The van der Waals surface area contributed by atoms with Gasteiger partial charge in [-0.05, 0) is 43.7 Å². The molecule has 0 fully saturated rings. The molecule has 2 aromatic carbocycles. The van der Waals surface area contributed by atoms with E-state index in [1.807, 2.05) is 41.8 Å². The molecular formula is C24H30N2O6. The van der Waals surface area contributed by atoms with Crippen LogP contribution in [0, 0.1) is 0 Å². The van der Waals surface area contributed by atoms with Crippen molar-refractivity contribution < 1.29 is 28.8 Å². The molecule has 2 N–H and O–H groups in total. The summed E-state index contributed by atoms with van der Waals surface area (Å²) in [6.45, 7) is 3.53. The number of nitrogens with one attached hydrogen (secondary N) is 1. The van der Waals surface area contributed by atoms with Gasteiger partial charge in [0.2, 0.25) is 5.75 Å². The molecule has 172 valence electrons. The highest BCUT2D eigenvalue weighted by Gasteiger charge is 2.22. The molecule has 0 atom stereocenters. The Labute approximate surface area is 187 Å². The van der Waals surface area contributed by atoms with Crippen LogP contribution in [0.4, 0.5) is 0 Å². The van der Waals surface area contributed by atoms with Crippen molar-refractivity contribution in [3.05, 3.63) is 47.2 Å². The molecule has 0 bridgehead atoms. The summed E-state index contributed by atoms with van der Waals surface area (Å²) < 4.78 is 23.5. The lowest BCUT2D eigenvalue weighted by molar-refractivity contribution is 0.0684. The SMILES string of the molecule is CCn1c(C(=O)O)c(CNCCc2ccc(OC)c(OC)c2OC)c2ccc(OC)cc21. The minimum atomic E-state index is -0.944. The summed E-state index contributed by atoms with van der Waals surface area (Å²) in [6.07, 6.45) is 0.673. The molecule has 0 spiro atoms. The van der Waals surface area contributed by atoms with Crippen molar-refractivity contribution in [2.24, 2.45) is 0 Å². The normalized spacial score (nSPS) is 10.9. The maximum absolute atomic E-state index is 12.1. The molecule has 1 aromatic heterocycles. The van der Waals surface area contributed by atoms with E-state index in [4.69, 9.17) is 18.9 Å². The number of aryl methyl sites for hydroxylation is 1. The number of aromatic nitrogens is 1. The molecule has 8 nitrogen and oxygen atoms in total. The molecule has 1 heterocycles. The molecule has 0 aliphatic rings. The Morgan fingerprint density at radius 2 is 1.75 bits per heavy atom. The minimum absolute atomic E-state index is 0.298. The topological polar surface area (TPSA) is 91.2 Å². The standard InChI is InChI=1S/C24H30N2O6/c1-6-26-19-13-16(29-2)8-9-17(19)18(21(26)24(27)28)14-25-12-11-15-7-10-20(30-3)23(32-5)22(15)31-4/h7-10,13,25H,6,11-12,14H2,1-5H3,(H,27,28). The van der Waals surface area contributed by atoms with E-state index in [9.17, 15) is 9.90 Å². The van der Waals surface area contributed by atoms with Crippen LogP contribution in [0.2, 0.25) is 0 Å². The van der Waals surface area contributed by atoms with Crippen LogP contribution >= 0.6 is 0 Å². The highest BCUT2D eigenvalue weighted by Crippen LogP contribution is 2.39. The second-order valence-corrected chi connectivity index (χ2v) is 7.18. The van der Waals surface area contributed by atoms with Crippen molar-refractivity contribution in [3.8, 4) is 23.0 Å². The number of ether oxygens (including phenoxy) is 4. The van der Waals surface area contributed by atoms with Crippen molar-refractivity contribution in [3.63, 3.8) is 0 Å². The Morgan fingerprint density at radius 1 is 1.00 bits per heavy atom. The Morgan fingerprint density at radius 3 is 2.34 bits per heavy atom. The molecule has 0 aliphatic heterocycles. The van der Waals surface area contributed by atoms with Crippen molar-refractivity contribution in [2.75, 3.05) is 35.0 Å². The molecule has 3 aromatic rings. The van der Waals surface area contributed by atoms with Gasteiger partial charge < -0.3 is 33.9 Å². The Bertz CT molecular complexity index is 1110. The predicted molar refractivity (Wildman–Crippen MR) is 123 cm³/mol. The summed E-state index contributed by atoms with van der Waals surface area (Å²) in [7, 11) is 6.36. The summed E-state index contributed by atoms with van der Waals surface area (Å²) in [4.78, 5) is 12.1. The lowest BCUT2D eigenvalue weighted by Gasteiger charge is -2.16. The van der Waals surface area contributed by atoms with Crippen LogP contribution in [0.1, 0.15) is 28.5 Å². The number of carboxylic acid groups (broad SMARTS) is 1. The number of benzene rings is 2. The maximum atomic E-state index is 12.1. The van der Waals surface area contributed by atoms with Crippen molar-refractivity contribution in [1.29, 1.82) is 0 Å².